The molecule has 0 saturated carbocycles. The van der Waals surface area contributed by atoms with Crippen molar-refractivity contribution < 1.29 is 9.53 Å². The second-order valence-corrected chi connectivity index (χ2v) is 14.7. The Hall–Kier alpha value is -0.790. The highest BCUT2D eigenvalue weighted by Gasteiger charge is 2.03. The summed E-state index contributed by atoms with van der Waals surface area (Å²) in [6, 6.07) is 0. The lowest BCUT2D eigenvalue weighted by Gasteiger charge is -2.06. The van der Waals surface area contributed by atoms with Gasteiger partial charge in [0.1, 0.15) is 0 Å². The van der Waals surface area contributed by atoms with Crippen LogP contribution in [0.5, 0.6) is 0 Å². The van der Waals surface area contributed by atoms with Crippen molar-refractivity contribution in [2.45, 2.75) is 258 Å². The number of unbranched alkanes of at least 4 members (excludes halogenated alkanes) is 34. The van der Waals surface area contributed by atoms with E-state index in [0.29, 0.717) is 13.0 Å². The van der Waals surface area contributed by atoms with Gasteiger partial charge >= 0.3 is 5.97 Å². The zero-order valence-corrected chi connectivity index (χ0v) is 32.0. The predicted octanol–water partition coefficient (Wildman–Crippen LogP) is 15.9. The summed E-state index contributed by atoms with van der Waals surface area (Å²) in [5.41, 5.74) is 0. The minimum absolute atomic E-state index is 0.0280. The molecule has 0 spiro atoms. The third-order valence-corrected chi connectivity index (χ3v) is 9.90. The number of ether oxygens (including phenoxy) is 1. The molecule has 0 heterocycles. The lowest BCUT2D eigenvalue weighted by atomic mass is 10.0. The molecule has 0 radical (unpaired) electrons. The van der Waals surface area contributed by atoms with Crippen molar-refractivity contribution >= 4 is 5.97 Å². The fraction of sp³-hybridized carbons (Fsp3) is 0.932. The number of esters is 1. The van der Waals surface area contributed by atoms with Gasteiger partial charge in [-0.15, -0.1) is 0 Å². The van der Waals surface area contributed by atoms with Crippen molar-refractivity contribution in [1.29, 1.82) is 0 Å². The maximum absolute atomic E-state index is 12.0. The molecule has 0 N–H and O–H groups in total. The van der Waals surface area contributed by atoms with Crippen LogP contribution in [0.15, 0.2) is 12.2 Å². The largest absolute Gasteiger partial charge is 0.466 e. The number of carbonyl (C=O) groups is 1. The third-order valence-electron chi connectivity index (χ3n) is 9.90. The van der Waals surface area contributed by atoms with E-state index in [4.69, 9.17) is 4.74 Å². The molecule has 0 aromatic carbocycles. The molecule has 0 atom stereocenters. The van der Waals surface area contributed by atoms with Gasteiger partial charge in [-0.25, -0.2) is 0 Å². The number of rotatable bonds is 40. The zero-order valence-electron chi connectivity index (χ0n) is 32.0. The Balaban J connectivity index is 3.17. The molecule has 0 aliphatic rings. The third kappa shape index (κ3) is 41.2. The molecule has 0 aliphatic carbocycles. The smallest absolute Gasteiger partial charge is 0.305 e. The van der Waals surface area contributed by atoms with E-state index < -0.39 is 0 Å². The number of allylic oxidation sites excluding steroid dienone is 2. The molecule has 2 heteroatoms. The average Bonchev–Trinajstić information content (AvgIpc) is 3.06. The Morgan fingerprint density at radius 2 is 0.609 bits per heavy atom. The van der Waals surface area contributed by atoms with E-state index in [2.05, 4.69) is 26.0 Å². The number of carbonyl (C=O) groups excluding carboxylic acids is 1. The minimum atomic E-state index is 0.0280. The monoisotopic (exact) mass is 647 g/mol. The minimum Gasteiger partial charge on any atom is -0.466 e. The second kappa shape index (κ2) is 42.2. The molecule has 46 heavy (non-hydrogen) atoms. The van der Waals surface area contributed by atoms with Crippen molar-refractivity contribution in [3.05, 3.63) is 12.2 Å². The van der Waals surface area contributed by atoms with Crippen LogP contribution in [0.4, 0.5) is 0 Å². The first-order chi connectivity index (χ1) is 22.8. The molecule has 0 rings (SSSR count). The van der Waals surface area contributed by atoms with Crippen molar-refractivity contribution in [1.82, 2.24) is 0 Å². The van der Waals surface area contributed by atoms with Crippen LogP contribution in [-0.2, 0) is 9.53 Å². The maximum Gasteiger partial charge on any atom is 0.305 e. The van der Waals surface area contributed by atoms with Crippen LogP contribution in [0.2, 0.25) is 0 Å². The lowest BCUT2D eigenvalue weighted by Crippen LogP contribution is -2.05. The van der Waals surface area contributed by atoms with Gasteiger partial charge in [-0.05, 0) is 38.5 Å². The topological polar surface area (TPSA) is 26.3 Å². The van der Waals surface area contributed by atoms with Gasteiger partial charge in [0.05, 0.1) is 6.61 Å². The highest BCUT2D eigenvalue weighted by Crippen LogP contribution is 2.16. The van der Waals surface area contributed by atoms with Gasteiger partial charge < -0.3 is 4.74 Å². The van der Waals surface area contributed by atoms with E-state index in [1.165, 1.54) is 225 Å². The molecule has 0 aliphatic heterocycles. The van der Waals surface area contributed by atoms with Crippen LogP contribution in [0, 0.1) is 0 Å². The average molecular weight is 647 g/mol. The quantitative estimate of drug-likeness (QED) is 0.0376. The Labute approximate surface area is 291 Å². The van der Waals surface area contributed by atoms with Gasteiger partial charge in [0.25, 0.3) is 0 Å². The van der Waals surface area contributed by atoms with Crippen LogP contribution in [0.1, 0.15) is 258 Å². The van der Waals surface area contributed by atoms with E-state index in [9.17, 15) is 4.79 Å². The first kappa shape index (κ1) is 45.2. The van der Waals surface area contributed by atoms with Crippen molar-refractivity contribution in [3.63, 3.8) is 0 Å². The summed E-state index contributed by atoms with van der Waals surface area (Å²) in [7, 11) is 0. The van der Waals surface area contributed by atoms with Gasteiger partial charge in [0, 0.05) is 6.42 Å². The molecule has 0 fully saturated rings. The molecule has 0 saturated heterocycles. The number of hydrogen-bond acceptors (Lipinski definition) is 2. The molecular formula is C44H86O2. The first-order valence-corrected chi connectivity index (χ1v) is 21.6. The summed E-state index contributed by atoms with van der Waals surface area (Å²) in [6.45, 7) is 5.22. The first-order valence-electron chi connectivity index (χ1n) is 21.6. The lowest BCUT2D eigenvalue weighted by molar-refractivity contribution is -0.143. The SMILES string of the molecule is CCCCCCCC/C=C\CCCCCCCCCCCCOC(=O)CCCCCCCCCCCCCCCCCCCCC. The molecule has 0 aromatic rings. The van der Waals surface area contributed by atoms with Gasteiger partial charge in [-0.3, -0.25) is 4.79 Å². The summed E-state index contributed by atoms with van der Waals surface area (Å²) < 4.78 is 5.47. The van der Waals surface area contributed by atoms with E-state index in [1.807, 2.05) is 0 Å². The maximum atomic E-state index is 12.0. The van der Waals surface area contributed by atoms with Crippen LogP contribution >= 0.6 is 0 Å². The van der Waals surface area contributed by atoms with Crippen LogP contribution in [-0.4, -0.2) is 12.6 Å². The highest BCUT2D eigenvalue weighted by molar-refractivity contribution is 5.69. The van der Waals surface area contributed by atoms with E-state index in [0.717, 1.165) is 12.8 Å². The zero-order chi connectivity index (χ0) is 33.3. The van der Waals surface area contributed by atoms with Gasteiger partial charge in [-0.2, -0.15) is 0 Å². The van der Waals surface area contributed by atoms with Crippen molar-refractivity contribution in [2.24, 2.45) is 0 Å². The molecule has 274 valence electrons. The Morgan fingerprint density at radius 1 is 0.348 bits per heavy atom. The molecule has 2 nitrogen and oxygen atoms in total. The van der Waals surface area contributed by atoms with Crippen molar-refractivity contribution in [2.75, 3.05) is 6.61 Å². The normalized spacial score (nSPS) is 11.6. The molecule has 0 amide bonds. The molecule has 0 aromatic heterocycles. The van der Waals surface area contributed by atoms with Crippen LogP contribution in [0.25, 0.3) is 0 Å². The Kier molecular flexibility index (Phi) is 41.5. The molecule has 0 bridgehead atoms. The fourth-order valence-corrected chi connectivity index (χ4v) is 6.66. The number of hydrogen-bond donors (Lipinski definition) is 0. The fourth-order valence-electron chi connectivity index (χ4n) is 6.66. The van der Waals surface area contributed by atoms with E-state index >= 15 is 0 Å². The second-order valence-electron chi connectivity index (χ2n) is 14.7. The Bertz CT molecular complexity index is 582. The molecular weight excluding hydrogens is 560 g/mol. The summed E-state index contributed by atoms with van der Waals surface area (Å²) in [6.07, 6.45) is 56.0. The van der Waals surface area contributed by atoms with Crippen molar-refractivity contribution in [3.8, 4) is 0 Å². The van der Waals surface area contributed by atoms with Gasteiger partial charge in [0.2, 0.25) is 0 Å². The molecule has 0 unspecified atom stereocenters. The summed E-state index contributed by atoms with van der Waals surface area (Å²) in [5, 5.41) is 0. The summed E-state index contributed by atoms with van der Waals surface area (Å²) in [4.78, 5) is 12.0. The van der Waals surface area contributed by atoms with E-state index in [-0.39, 0.29) is 5.97 Å². The van der Waals surface area contributed by atoms with E-state index in [1.54, 1.807) is 0 Å². The van der Waals surface area contributed by atoms with Gasteiger partial charge in [-0.1, -0.05) is 225 Å². The highest BCUT2D eigenvalue weighted by atomic mass is 16.5. The Morgan fingerprint density at radius 3 is 0.935 bits per heavy atom. The summed E-state index contributed by atoms with van der Waals surface area (Å²) in [5.74, 6) is 0.0280. The predicted molar refractivity (Wildman–Crippen MR) is 207 cm³/mol. The van der Waals surface area contributed by atoms with Crippen LogP contribution in [0.3, 0.4) is 0 Å². The van der Waals surface area contributed by atoms with Gasteiger partial charge in [0.15, 0.2) is 0 Å². The standard InChI is InChI=1S/C44H86O2/c1-3-5-7-9-11-13-15-17-19-21-23-25-27-29-31-33-35-37-39-41-43-46-44(45)42-40-38-36-34-32-30-28-26-24-22-20-18-16-14-12-10-8-6-4-2/h17,19H,3-16,18,20-43H2,1-2H3/b19-17-. The summed E-state index contributed by atoms with van der Waals surface area (Å²) >= 11 is 0. The van der Waals surface area contributed by atoms with Crippen LogP contribution < -0.4 is 0 Å².